The van der Waals surface area contributed by atoms with Gasteiger partial charge in [0.1, 0.15) is 11.4 Å². The van der Waals surface area contributed by atoms with E-state index in [1.165, 1.54) is 9.08 Å². The summed E-state index contributed by atoms with van der Waals surface area (Å²) in [6.45, 7) is 3.67. The number of hydrogen-bond donors (Lipinski definition) is 2. The minimum absolute atomic E-state index is 0.0660. The average molecular weight is 466 g/mol. The molecular formula is C26H23N7O2. The number of nitrogen functional groups attached to an aromatic ring is 1. The molecule has 9 nitrogen and oxygen atoms in total. The summed E-state index contributed by atoms with van der Waals surface area (Å²) >= 11 is 0. The quantitative estimate of drug-likeness (QED) is 0.410. The molecule has 174 valence electrons. The number of amides is 1. The fourth-order valence-electron chi connectivity index (χ4n) is 4.16. The zero-order valence-electron chi connectivity index (χ0n) is 19.2. The summed E-state index contributed by atoms with van der Waals surface area (Å²) in [7, 11) is 0. The van der Waals surface area contributed by atoms with E-state index in [1.54, 1.807) is 31.5 Å². The highest BCUT2D eigenvalue weighted by molar-refractivity contribution is 6.04. The molecule has 0 saturated carbocycles. The summed E-state index contributed by atoms with van der Waals surface area (Å²) in [5.41, 5.74) is 8.29. The van der Waals surface area contributed by atoms with Crippen LogP contribution in [0.1, 0.15) is 41.6 Å². The van der Waals surface area contributed by atoms with Crippen molar-refractivity contribution in [2.45, 2.75) is 19.9 Å². The van der Waals surface area contributed by atoms with Crippen molar-refractivity contribution in [2.24, 2.45) is 0 Å². The van der Waals surface area contributed by atoms with Gasteiger partial charge in [-0.2, -0.15) is 0 Å². The number of hydrogen-bond acceptors (Lipinski definition) is 6. The van der Waals surface area contributed by atoms with Crippen LogP contribution in [0.2, 0.25) is 0 Å². The predicted octanol–water partition coefficient (Wildman–Crippen LogP) is 3.53. The van der Waals surface area contributed by atoms with Gasteiger partial charge in [0.25, 0.3) is 11.5 Å². The Balaban J connectivity index is 1.66. The van der Waals surface area contributed by atoms with Gasteiger partial charge in [-0.1, -0.05) is 42.5 Å². The lowest BCUT2D eigenvalue weighted by atomic mass is 10.1. The molecule has 3 N–H and O–H groups in total. The summed E-state index contributed by atoms with van der Waals surface area (Å²) in [6.07, 6.45) is 7.00. The Hall–Kier alpha value is -4.79. The van der Waals surface area contributed by atoms with Gasteiger partial charge >= 0.3 is 0 Å². The average Bonchev–Trinajstić information content (AvgIpc) is 3.20. The molecule has 35 heavy (non-hydrogen) atoms. The maximum absolute atomic E-state index is 13.8. The lowest BCUT2D eigenvalue weighted by molar-refractivity contribution is 0.0940. The normalized spacial score (nSPS) is 12.4. The van der Waals surface area contributed by atoms with Crippen LogP contribution in [-0.4, -0.2) is 30.1 Å². The van der Waals surface area contributed by atoms with Crippen LogP contribution in [0.5, 0.6) is 0 Å². The molecule has 0 aliphatic heterocycles. The van der Waals surface area contributed by atoms with Crippen LogP contribution < -0.4 is 16.6 Å². The molecule has 0 bridgehead atoms. The van der Waals surface area contributed by atoms with Gasteiger partial charge in [0.2, 0.25) is 0 Å². The Morgan fingerprint density at radius 2 is 1.91 bits per heavy atom. The maximum atomic E-state index is 13.8. The number of aromatic nitrogens is 5. The van der Waals surface area contributed by atoms with Crippen molar-refractivity contribution in [3.05, 3.63) is 100 Å². The number of anilines is 1. The minimum Gasteiger partial charge on any atom is -0.381 e. The maximum Gasteiger partial charge on any atom is 0.266 e. The molecule has 0 spiro atoms. The first-order valence-corrected chi connectivity index (χ1v) is 11.1. The molecule has 0 aliphatic rings. The number of benzene rings is 2. The molecule has 5 aromatic rings. The monoisotopic (exact) mass is 465 g/mol. The van der Waals surface area contributed by atoms with Gasteiger partial charge in [0.15, 0.2) is 11.5 Å². The summed E-state index contributed by atoms with van der Waals surface area (Å²) in [5.74, 6) is -0.000628. The topological polar surface area (TPSA) is 120 Å². The molecule has 0 radical (unpaired) electrons. The SMILES string of the molecule is C/C=C/c1cccc2nc([C@@H](C)NC(=O)c3c(N)nn4cccnc34)n(-c3ccccc3)c(=O)c12. The van der Waals surface area contributed by atoms with Crippen LogP contribution in [0.3, 0.4) is 0 Å². The first kappa shape index (κ1) is 22.0. The van der Waals surface area contributed by atoms with E-state index in [0.29, 0.717) is 28.1 Å². The molecule has 3 aromatic heterocycles. The van der Waals surface area contributed by atoms with Crippen LogP contribution >= 0.6 is 0 Å². The largest absolute Gasteiger partial charge is 0.381 e. The fraction of sp³-hybridized carbons (Fsp3) is 0.115. The van der Waals surface area contributed by atoms with E-state index in [9.17, 15) is 9.59 Å². The van der Waals surface area contributed by atoms with Crippen LogP contribution in [0, 0.1) is 0 Å². The molecule has 1 atom stereocenters. The second kappa shape index (κ2) is 8.86. The van der Waals surface area contributed by atoms with E-state index < -0.39 is 11.9 Å². The van der Waals surface area contributed by atoms with Gasteiger partial charge in [-0.05, 0) is 43.7 Å². The Kier molecular flexibility index (Phi) is 5.58. The van der Waals surface area contributed by atoms with E-state index in [2.05, 4.69) is 15.4 Å². The smallest absolute Gasteiger partial charge is 0.266 e. The fourth-order valence-corrected chi connectivity index (χ4v) is 4.16. The number of nitrogens with one attached hydrogen (secondary N) is 1. The highest BCUT2D eigenvalue weighted by Gasteiger charge is 2.24. The predicted molar refractivity (Wildman–Crippen MR) is 135 cm³/mol. The molecule has 0 unspecified atom stereocenters. The van der Waals surface area contributed by atoms with Gasteiger partial charge < -0.3 is 11.1 Å². The highest BCUT2D eigenvalue weighted by Crippen LogP contribution is 2.22. The molecule has 9 heteroatoms. The molecule has 3 heterocycles. The zero-order valence-corrected chi connectivity index (χ0v) is 19.2. The van der Waals surface area contributed by atoms with Crippen molar-refractivity contribution < 1.29 is 4.79 Å². The van der Waals surface area contributed by atoms with E-state index in [4.69, 9.17) is 10.7 Å². The van der Waals surface area contributed by atoms with Crippen LogP contribution in [0.4, 0.5) is 5.82 Å². The molecule has 5 rings (SSSR count). The molecular weight excluding hydrogens is 442 g/mol. The van der Waals surface area contributed by atoms with E-state index in [-0.39, 0.29) is 16.9 Å². The standard InChI is InChI=1S/C26H23N7O2/c1-3-9-17-10-7-13-19-20(17)26(35)33(18-11-5-4-6-12-18)23(30-19)16(2)29-25(34)21-22(27)31-32-15-8-14-28-24(21)32/h3-16H,1-2H3,(H2,27,31)(H,29,34)/b9-3+/t16-/m1/s1. The Bertz CT molecular complexity index is 1650. The van der Waals surface area contributed by atoms with E-state index in [0.717, 1.165) is 5.56 Å². The molecule has 0 saturated heterocycles. The molecule has 0 aliphatic carbocycles. The van der Waals surface area contributed by atoms with Gasteiger partial charge in [-0.25, -0.2) is 14.5 Å². The third-order valence-corrected chi connectivity index (χ3v) is 5.70. The summed E-state index contributed by atoms with van der Waals surface area (Å²) < 4.78 is 2.99. The number of rotatable bonds is 5. The van der Waals surface area contributed by atoms with Gasteiger partial charge in [-0.3, -0.25) is 14.2 Å². The Labute approximate surface area is 200 Å². The zero-order chi connectivity index (χ0) is 24.5. The number of para-hydroxylation sites is 1. The lowest BCUT2D eigenvalue weighted by Gasteiger charge is -2.20. The third kappa shape index (κ3) is 3.82. The van der Waals surface area contributed by atoms with E-state index in [1.807, 2.05) is 61.5 Å². The summed E-state index contributed by atoms with van der Waals surface area (Å²) in [5, 5.41) is 7.59. The first-order chi connectivity index (χ1) is 17.0. The summed E-state index contributed by atoms with van der Waals surface area (Å²) in [4.78, 5) is 36.1. The third-order valence-electron chi connectivity index (χ3n) is 5.70. The Morgan fingerprint density at radius 3 is 2.69 bits per heavy atom. The lowest BCUT2D eigenvalue weighted by Crippen LogP contribution is -2.33. The van der Waals surface area contributed by atoms with Crippen molar-refractivity contribution in [1.82, 2.24) is 29.5 Å². The minimum atomic E-state index is -0.636. The molecule has 2 aromatic carbocycles. The number of carbonyl (C=O) groups excluding carboxylic acids is 1. The van der Waals surface area contributed by atoms with Crippen molar-refractivity contribution in [3.63, 3.8) is 0 Å². The number of nitrogens with zero attached hydrogens (tertiary/aromatic N) is 5. The van der Waals surface area contributed by atoms with Crippen molar-refractivity contribution in [2.75, 3.05) is 5.73 Å². The van der Waals surface area contributed by atoms with Crippen LogP contribution in [0.15, 0.2) is 77.9 Å². The molecule has 0 fully saturated rings. The van der Waals surface area contributed by atoms with Crippen LogP contribution in [0.25, 0.3) is 28.3 Å². The van der Waals surface area contributed by atoms with Gasteiger partial charge in [-0.15, -0.1) is 5.10 Å². The second-order valence-electron chi connectivity index (χ2n) is 8.03. The second-order valence-corrected chi connectivity index (χ2v) is 8.03. The summed E-state index contributed by atoms with van der Waals surface area (Å²) in [6, 6.07) is 15.8. The number of allylic oxidation sites excluding steroid dienone is 1. The molecule has 1 amide bonds. The highest BCUT2D eigenvalue weighted by atomic mass is 16.2. The van der Waals surface area contributed by atoms with Gasteiger partial charge in [0, 0.05) is 12.4 Å². The van der Waals surface area contributed by atoms with Crippen molar-refractivity contribution in [3.8, 4) is 5.69 Å². The van der Waals surface area contributed by atoms with Gasteiger partial charge in [0.05, 0.1) is 22.6 Å². The van der Waals surface area contributed by atoms with Crippen molar-refractivity contribution in [1.29, 1.82) is 0 Å². The van der Waals surface area contributed by atoms with Crippen LogP contribution in [-0.2, 0) is 0 Å². The number of fused-ring (bicyclic) bond motifs is 2. The van der Waals surface area contributed by atoms with Crippen molar-refractivity contribution >= 4 is 34.4 Å². The first-order valence-electron chi connectivity index (χ1n) is 11.1. The Morgan fingerprint density at radius 1 is 1.11 bits per heavy atom. The number of nitrogens with two attached hydrogens (primary N) is 1. The van der Waals surface area contributed by atoms with E-state index >= 15 is 0 Å². The number of carbonyl (C=O) groups is 1.